The van der Waals surface area contributed by atoms with Crippen molar-refractivity contribution in [3.05, 3.63) is 62.1 Å². The van der Waals surface area contributed by atoms with Crippen molar-refractivity contribution in [2.24, 2.45) is 0 Å². The summed E-state index contributed by atoms with van der Waals surface area (Å²) in [6, 6.07) is 8.82. The molecule has 0 unspecified atom stereocenters. The zero-order chi connectivity index (χ0) is 17.0. The molecule has 0 fully saturated rings. The van der Waals surface area contributed by atoms with Crippen LogP contribution in [0.4, 0.5) is 5.69 Å². The zero-order valence-electron chi connectivity index (χ0n) is 12.0. The number of ether oxygens (including phenoxy) is 2. The predicted molar refractivity (Wildman–Crippen MR) is 85.1 cm³/mol. The summed E-state index contributed by atoms with van der Waals surface area (Å²) in [4.78, 5) is 21.2. The van der Waals surface area contributed by atoms with Crippen LogP contribution in [0.1, 0.15) is 15.9 Å². The van der Waals surface area contributed by atoms with Gasteiger partial charge in [0.1, 0.15) is 6.61 Å². The van der Waals surface area contributed by atoms with E-state index in [0.29, 0.717) is 10.2 Å². The number of halogens is 1. The SMILES string of the molecule is COc1cc(C(=O)O)c(Br)cc1OCc1ccc([N+](=O)[O-])cc1. The lowest BCUT2D eigenvalue weighted by molar-refractivity contribution is -0.384. The van der Waals surface area contributed by atoms with Crippen molar-refractivity contribution in [2.45, 2.75) is 6.61 Å². The van der Waals surface area contributed by atoms with E-state index in [-0.39, 0.29) is 23.6 Å². The average Bonchev–Trinajstić information content (AvgIpc) is 2.53. The van der Waals surface area contributed by atoms with Gasteiger partial charge in [-0.3, -0.25) is 10.1 Å². The Labute approximate surface area is 139 Å². The molecule has 0 amide bonds. The molecular formula is C15H12BrNO6. The first kappa shape index (κ1) is 16.8. The standard InChI is InChI=1S/C15H12BrNO6/c1-22-13-6-11(15(18)19)12(16)7-14(13)23-8-9-2-4-10(5-3-9)17(20)21/h2-7H,8H2,1H3,(H,18,19). The number of aromatic carboxylic acids is 1. The average molecular weight is 382 g/mol. The van der Waals surface area contributed by atoms with Gasteiger partial charge in [0, 0.05) is 16.6 Å². The smallest absolute Gasteiger partial charge is 0.336 e. The lowest BCUT2D eigenvalue weighted by Gasteiger charge is -2.12. The minimum Gasteiger partial charge on any atom is -0.493 e. The quantitative estimate of drug-likeness (QED) is 0.605. The molecule has 2 aromatic rings. The van der Waals surface area contributed by atoms with Gasteiger partial charge < -0.3 is 14.6 Å². The van der Waals surface area contributed by atoms with Crippen LogP contribution < -0.4 is 9.47 Å². The molecule has 0 saturated carbocycles. The Bertz CT molecular complexity index is 744. The zero-order valence-corrected chi connectivity index (χ0v) is 13.6. The molecule has 7 nitrogen and oxygen atoms in total. The van der Waals surface area contributed by atoms with Crippen molar-refractivity contribution in [1.82, 2.24) is 0 Å². The highest BCUT2D eigenvalue weighted by Gasteiger charge is 2.15. The van der Waals surface area contributed by atoms with E-state index < -0.39 is 10.9 Å². The minimum atomic E-state index is -1.09. The van der Waals surface area contributed by atoms with Crippen LogP contribution >= 0.6 is 15.9 Å². The number of non-ortho nitro benzene ring substituents is 1. The number of carboxylic acid groups (broad SMARTS) is 1. The molecular weight excluding hydrogens is 370 g/mol. The predicted octanol–water partition coefficient (Wildman–Crippen LogP) is 3.64. The summed E-state index contributed by atoms with van der Waals surface area (Å²) in [5.74, 6) is -0.438. The Morgan fingerprint density at radius 3 is 2.43 bits per heavy atom. The molecule has 0 bridgehead atoms. The van der Waals surface area contributed by atoms with Crippen LogP contribution in [0.25, 0.3) is 0 Å². The molecule has 0 aliphatic heterocycles. The fraction of sp³-hybridized carbons (Fsp3) is 0.133. The number of rotatable bonds is 6. The maximum atomic E-state index is 11.1. The van der Waals surface area contributed by atoms with E-state index in [9.17, 15) is 14.9 Å². The lowest BCUT2D eigenvalue weighted by atomic mass is 10.2. The monoisotopic (exact) mass is 381 g/mol. The molecule has 23 heavy (non-hydrogen) atoms. The number of nitro benzene ring substituents is 1. The molecule has 2 aromatic carbocycles. The largest absolute Gasteiger partial charge is 0.493 e. The van der Waals surface area contributed by atoms with Crippen molar-refractivity contribution in [2.75, 3.05) is 7.11 Å². The van der Waals surface area contributed by atoms with Gasteiger partial charge in [0.2, 0.25) is 0 Å². The van der Waals surface area contributed by atoms with E-state index in [1.165, 1.54) is 31.4 Å². The number of methoxy groups -OCH3 is 1. The fourth-order valence-corrected chi connectivity index (χ4v) is 2.34. The maximum Gasteiger partial charge on any atom is 0.336 e. The summed E-state index contributed by atoms with van der Waals surface area (Å²) in [6.45, 7) is 0.160. The van der Waals surface area contributed by atoms with Crippen molar-refractivity contribution >= 4 is 27.6 Å². The van der Waals surface area contributed by atoms with Gasteiger partial charge in [-0.25, -0.2) is 4.79 Å². The highest BCUT2D eigenvalue weighted by atomic mass is 79.9. The molecule has 120 valence electrons. The van der Waals surface area contributed by atoms with Crippen LogP contribution in [0.2, 0.25) is 0 Å². The Morgan fingerprint density at radius 1 is 1.26 bits per heavy atom. The number of hydrogen-bond donors (Lipinski definition) is 1. The molecule has 0 aliphatic carbocycles. The molecule has 0 saturated heterocycles. The summed E-state index contributed by atoms with van der Waals surface area (Å²) in [5, 5.41) is 19.7. The Morgan fingerprint density at radius 2 is 1.91 bits per heavy atom. The van der Waals surface area contributed by atoms with E-state index in [1.807, 2.05) is 0 Å². The molecule has 0 atom stereocenters. The van der Waals surface area contributed by atoms with Crippen LogP contribution in [-0.4, -0.2) is 23.1 Å². The number of carbonyl (C=O) groups is 1. The Hall–Kier alpha value is -2.61. The number of hydrogen-bond acceptors (Lipinski definition) is 5. The van der Waals surface area contributed by atoms with E-state index in [4.69, 9.17) is 14.6 Å². The Kier molecular flexibility index (Phi) is 5.17. The van der Waals surface area contributed by atoms with Crippen LogP contribution in [0.3, 0.4) is 0 Å². The second-order valence-electron chi connectivity index (χ2n) is 4.50. The van der Waals surface area contributed by atoms with Crippen molar-refractivity contribution in [1.29, 1.82) is 0 Å². The van der Waals surface area contributed by atoms with Crippen LogP contribution in [-0.2, 0) is 6.61 Å². The number of benzene rings is 2. The third kappa shape index (κ3) is 3.98. The first-order valence-electron chi connectivity index (χ1n) is 6.39. The third-order valence-electron chi connectivity index (χ3n) is 3.03. The maximum absolute atomic E-state index is 11.1. The van der Waals surface area contributed by atoms with Crippen LogP contribution in [0.5, 0.6) is 11.5 Å². The van der Waals surface area contributed by atoms with E-state index in [0.717, 1.165) is 5.56 Å². The van der Waals surface area contributed by atoms with Crippen molar-refractivity contribution in [3.8, 4) is 11.5 Å². The van der Waals surface area contributed by atoms with Gasteiger partial charge in [-0.2, -0.15) is 0 Å². The summed E-state index contributed by atoms with van der Waals surface area (Å²) >= 11 is 3.17. The first-order chi connectivity index (χ1) is 10.9. The Balaban J connectivity index is 2.18. The molecule has 0 aromatic heterocycles. The molecule has 0 heterocycles. The fourth-order valence-electron chi connectivity index (χ4n) is 1.85. The topological polar surface area (TPSA) is 98.9 Å². The van der Waals surface area contributed by atoms with Gasteiger partial charge in [0.15, 0.2) is 11.5 Å². The molecule has 0 radical (unpaired) electrons. The summed E-state index contributed by atoms with van der Waals surface area (Å²) in [5.41, 5.74) is 0.792. The van der Waals surface area contributed by atoms with E-state index in [2.05, 4.69) is 15.9 Å². The van der Waals surface area contributed by atoms with Gasteiger partial charge in [0.05, 0.1) is 17.6 Å². The van der Waals surface area contributed by atoms with Gasteiger partial charge in [0.25, 0.3) is 5.69 Å². The number of nitrogens with zero attached hydrogens (tertiary/aromatic N) is 1. The second kappa shape index (κ2) is 7.10. The van der Waals surface area contributed by atoms with Crippen molar-refractivity contribution in [3.63, 3.8) is 0 Å². The molecule has 1 N–H and O–H groups in total. The summed E-state index contributed by atoms with van der Waals surface area (Å²) < 4.78 is 11.1. The van der Waals surface area contributed by atoms with Gasteiger partial charge in [-0.15, -0.1) is 0 Å². The van der Waals surface area contributed by atoms with Crippen LogP contribution in [0, 0.1) is 10.1 Å². The number of carboxylic acids is 1. The van der Waals surface area contributed by atoms with Gasteiger partial charge in [-0.05, 0) is 45.8 Å². The second-order valence-corrected chi connectivity index (χ2v) is 5.35. The van der Waals surface area contributed by atoms with Crippen LogP contribution in [0.15, 0.2) is 40.9 Å². The van der Waals surface area contributed by atoms with Gasteiger partial charge in [-0.1, -0.05) is 0 Å². The van der Waals surface area contributed by atoms with Crippen molar-refractivity contribution < 1.29 is 24.3 Å². The third-order valence-corrected chi connectivity index (χ3v) is 3.68. The summed E-state index contributed by atoms with van der Waals surface area (Å²) in [6.07, 6.45) is 0. The lowest BCUT2D eigenvalue weighted by Crippen LogP contribution is -2.02. The first-order valence-corrected chi connectivity index (χ1v) is 7.18. The number of nitro groups is 1. The molecule has 2 rings (SSSR count). The van der Waals surface area contributed by atoms with E-state index in [1.54, 1.807) is 12.1 Å². The van der Waals surface area contributed by atoms with Gasteiger partial charge >= 0.3 is 5.97 Å². The normalized spacial score (nSPS) is 10.2. The van der Waals surface area contributed by atoms with E-state index >= 15 is 0 Å². The molecule has 8 heteroatoms. The summed E-state index contributed by atoms with van der Waals surface area (Å²) in [7, 11) is 1.41. The molecule has 0 spiro atoms. The highest BCUT2D eigenvalue weighted by Crippen LogP contribution is 2.34. The highest BCUT2D eigenvalue weighted by molar-refractivity contribution is 9.10. The minimum absolute atomic E-state index is 0.000105. The molecule has 0 aliphatic rings.